The van der Waals surface area contributed by atoms with Crippen LogP contribution >= 0.6 is 24.2 Å². The summed E-state index contributed by atoms with van der Waals surface area (Å²) in [7, 11) is 0. The number of ether oxygens (including phenoxy) is 1. The number of carbonyl (C=O) groups excluding carboxylic acids is 2. The molecule has 0 fully saturated rings. The van der Waals surface area contributed by atoms with Gasteiger partial charge >= 0.3 is 5.97 Å². The van der Waals surface area contributed by atoms with Crippen LogP contribution in [0.4, 0.5) is 0 Å². The molecule has 2 aliphatic rings. The Morgan fingerprint density at radius 1 is 1.19 bits per heavy atom. The first-order valence-electron chi connectivity index (χ1n) is 11.9. The molecule has 36 heavy (non-hydrogen) atoms. The summed E-state index contributed by atoms with van der Waals surface area (Å²) in [5, 5.41) is 30.5. The van der Waals surface area contributed by atoms with E-state index < -0.39 is 57.1 Å². The first-order valence-corrected chi connectivity index (χ1v) is 12.7. The Hall–Kier alpha value is -2.30. The molecule has 0 spiro atoms. The molecule has 0 saturated heterocycles. The van der Waals surface area contributed by atoms with Crippen LogP contribution in [-0.4, -0.2) is 44.7 Å². The number of nitrogens with zero attached hydrogens (tertiary/aromatic N) is 1. The number of cyclic esters (lactones) is 1. The molecular weight excluding hydrogens is 510 g/mol. The second-order valence-corrected chi connectivity index (χ2v) is 10.7. The minimum atomic E-state index is -1.82. The molecule has 0 aromatic heterocycles. The van der Waals surface area contributed by atoms with Crippen molar-refractivity contribution in [1.29, 1.82) is 0 Å². The minimum absolute atomic E-state index is 0.0175. The maximum Gasteiger partial charge on any atom is 0.316 e. The molecular formula is C25H34ClNO8S. The van der Waals surface area contributed by atoms with Crippen molar-refractivity contribution < 1.29 is 34.5 Å². The lowest BCUT2D eigenvalue weighted by Gasteiger charge is -2.42. The smallest absolute Gasteiger partial charge is 0.316 e. The summed E-state index contributed by atoms with van der Waals surface area (Å²) >= 11 is 10.5. The number of aliphatic hydroxyl groups is 2. The highest BCUT2D eigenvalue weighted by molar-refractivity contribution is 7.81. The third kappa shape index (κ3) is 7.60. The van der Waals surface area contributed by atoms with E-state index in [2.05, 4.69) is 17.5 Å². The summed E-state index contributed by atoms with van der Waals surface area (Å²) < 4.78 is 5.32. The number of rotatable bonds is 6. The normalized spacial score (nSPS) is 37.1. The van der Waals surface area contributed by atoms with Gasteiger partial charge in [-0.05, 0) is 50.0 Å². The van der Waals surface area contributed by atoms with Gasteiger partial charge in [0.2, 0.25) is 0 Å². The molecule has 0 bridgehead atoms. The Morgan fingerprint density at radius 2 is 1.83 bits per heavy atom. The van der Waals surface area contributed by atoms with E-state index in [1.54, 1.807) is 19.1 Å². The van der Waals surface area contributed by atoms with E-state index in [-0.39, 0.29) is 30.1 Å². The first-order chi connectivity index (χ1) is 16.8. The number of fused-ring (bicyclic) bond motifs is 1. The topological polar surface area (TPSA) is 136 Å². The van der Waals surface area contributed by atoms with Crippen molar-refractivity contribution in [3.63, 3.8) is 0 Å². The fraction of sp³-hybridized carbons (Fsp3) is 0.600. The van der Waals surface area contributed by atoms with E-state index in [1.807, 2.05) is 38.2 Å². The number of thiol groups is 1. The average Bonchev–Trinajstić information content (AvgIpc) is 2.82. The lowest BCUT2D eigenvalue weighted by molar-refractivity contribution is -0.760. The Morgan fingerprint density at radius 3 is 2.44 bits per heavy atom. The number of allylic oxidation sites excluding steroid dienone is 6. The molecule has 1 aliphatic carbocycles. The largest absolute Gasteiger partial charge is 0.510 e. The Kier molecular flexibility index (Phi) is 10.6. The first kappa shape index (κ1) is 29.9. The SMILES string of the molecule is CC[C@H]1[C@@H]2C(=O)/C(Cl)=C(\O)[C@H](C)C(=O)O[C@@H](C)/C=C/C=C\[C@@H](C)[C@@H]2C=C[C@@H]1C[C@](O)(S)CO[N+](=O)[O-]. The Bertz CT molecular complexity index is 960. The highest BCUT2D eigenvalue weighted by atomic mass is 35.5. The van der Waals surface area contributed by atoms with Gasteiger partial charge in [-0.3, -0.25) is 9.59 Å². The minimum Gasteiger partial charge on any atom is -0.510 e. The van der Waals surface area contributed by atoms with Crippen LogP contribution in [0.25, 0.3) is 0 Å². The summed E-state index contributed by atoms with van der Waals surface area (Å²) in [6.45, 7) is 6.30. The number of halogens is 1. The third-order valence-corrected chi connectivity index (χ3v) is 7.46. The molecule has 8 atom stereocenters. The van der Waals surface area contributed by atoms with Crippen molar-refractivity contribution in [3.8, 4) is 0 Å². The Balaban J connectivity index is 2.54. The number of hydrogen-bond donors (Lipinski definition) is 3. The van der Waals surface area contributed by atoms with Crippen LogP contribution in [0.2, 0.25) is 0 Å². The molecule has 0 saturated carbocycles. The molecule has 1 heterocycles. The summed E-state index contributed by atoms with van der Waals surface area (Å²) in [5.41, 5.74) is 0. The summed E-state index contributed by atoms with van der Waals surface area (Å²) in [6.07, 6.45) is 10.9. The third-order valence-electron chi connectivity index (χ3n) is 6.77. The van der Waals surface area contributed by atoms with Gasteiger partial charge in [0.05, 0.1) is 0 Å². The maximum absolute atomic E-state index is 13.7. The molecule has 2 rings (SSSR count). The van der Waals surface area contributed by atoms with Crippen molar-refractivity contribution in [2.45, 2.75) is 51.6 Å². The number of ketones is 1. The zero-order valence-electron chi connectivity index (χ0n) is 20.7. The van der Waals surface area contributed by atoms with Crippen molar-refractivity contribution in [3.05, 3.63) is 57.4 Å². The zero-order chi connectivity index (χ0) is 27.2. The monoisotopic (exact) mass is 543 g/mol. The van der Waals surface area contributed by atoms with Crippen molar-refractivity contribution in [2.75, 3.05) is 6.61 Å². The predicted octanol–water partition coefficient (Wildman–Crippen LogP) is 4.56. The van der Waals surface area contributed by atoms with E-state index in [0.29, 0.717) is 6.42 Å². The molecule has 0 amide bonds. The number of hydrogen-bond acceptors (Lipinski definition) is 9. The summed E-state index contributed by atoms with van der Waals surface area (Å²) in [6, 6.07) is 0. The van der Waals surface area contributed by atoms with Crippen molar-refractivity contribution in [2.24, 2.45) is 35.5 Å². The summed E-state index contributed by atoms with van der Waals surface area (Å²) in [4.78, 5) is 39.3. The molecule has 11 heteroatoms. The van der Waals surface area contributed by atoms with Gasteiger partial charge in [-0.1, -0.05) is 62.2 Å². The van der Waals surface area contributed by atoms with Gasteiger partial charge in [0, 0.05) is 5.92 Å². The van der Waals surface area contributed by atoms with Crippen LogP contribution in [0.15, 0.2) is 47.2 Å². The fourth-order valence-electron chi connectivity index (χ4n) is 4.81. The van der Waals surface area contributed by atoms with Gasteiger partial charge < -0.3 is 19.8 Å². The van der Waals surface area contributed by atoms with Gasteiger partial charge in [-0.25, -0.2) is 0 Å². The molecule has 9 nitrogen and oxygen atoms in total. The highest BCUT2D eigenvalue weighted by Gasteiger charge is 2.45. The van der Waals surface area contributed by atoms with Crippen LogP contribution < -0.4 is 0 Å². The number of carbonyl (C=O) groups is 2. The number of aliphatic hydroxyl groups excluding tert-OH is 1. The van der Waals surface area contributed by atoms with Crippen molar-refractivity contribution in [1.82, 2.24) is 0 Å². The van der Waals surface area contributed by atoms with E-state index in [1.165, 1.54) is 6.92 Å². The number of esters is 1. The molecule has 0 radical (unpaired) electrons. The zero-order valence-corrected chi connectivity index (χ0v) is 22.4. The molecule has 0 unspecified atom stereocenters. The standard InChI is InChI=1S/C25H34ClNO8S/c1-5-18-17(12-25(31,36)13-34-27(32)33)10-11-19-14(2)8-6-7-9-15(3)35-24(30)16(4)22(28)21(26)23(29)20(18)19/h6-11,14-20,28,31,36H,5,12-13H2,1-4H3/b8-6-,9-7+,22-21+/t14-,15+,16+,17-,18-,19+,20+,25+/m1/s1. The van der Waals surface area contributed by atoms with E-state index in [0.717, 1.165) is 0 Å². The second-order valence-electron chi connectivity index (χ2n) is 9.46. The van der Waals surface area contributed by atoms with Gasteiger partial charge in [0.25, 0.3) is 5.09 Å². The average molecular weight is 544 g/mol. The van der Waals surface area contributed by atoms with Crippen LogP contribution in [0.3, 0.4) is 0 Å². The lowest BCUT2D eigenvalue weighted by atomic mass is 9.63. The Labute approximate surface area is 221 Å². The van der Waals surface area contributed by atoms with E-state index >= 15 is 0 Å². The fourth-order valence-corrected chi connectivity index (χ4v) is 5.37. The van der Waals surface area contributed by atoms with E-state index in [9.17, 15) is 29.9 Å². The predicted molar refractivity (Wildman–Crippen MR) is 138 cm³/mol. The maximum atomic E-state index is 13.7. The van der Waals surface area contributed by atoms with Gasteiger partial charge in [-0.2, -0.15) is 0 Å². The quantitative estimate of drug-likeness (QED) is 0.111. The van der Waals surface area contributed by atoms with Crippen LogP contribution in [0, 0.1) is 45.6 Å². The molecule has 0 aromatic carbocycles. The van der Waals surface area contributed by atoms with Crippen LogP contribution in [-0.2, 0) is 19.2 Å². The van der Waals surface area contributed by atoms with Gasteiger partial charge in [0.15, 0.2) is 5.78 Å². The summed E-state index contributed by atoms with van der Waals surface area (Å²) in [5.74, 6) is -4.79. The van der Waals surface area contributed by atoms with Gasteiger partial charge in [-0.15, -0.1) is 22.7 Å². The number of Topliss-reactive ketones (excluding diaryl/α,β-unsaturated/α-hetero) is 1. The van der Waals surface area contributed by atoms with Gasteiger partial charge in [0.1, 0.15) is 34.4 Å². The van der Waals surface area contributed by atoms with Crippen molar-refractivity contribution >= 4 is 36.0 Å². The molecule has 2 N–H and O–H groups in total. The molecule has 1 aliphatic heterocycles. The highest BCUT2D eigenvalue weighted by Crippen LogP contribution is 2.45. The van der Waals surface area contributed by atoms with Crippen LogP contribution in [0.1, 0.15) is 40.5 Å². The molecule has 0 aromatic rings. The van der Waals surface area contributed by atoms with Crippen LogP contribution in [0.5, 0.6) is 0 Å². The molecule has 200 valence electrons. The second kappa shape index (κ2) is 12.8. The lowest BCUT2D eigenvalue weighted by Crippen LogP contribution is -2.42. The van der Waals surface area contributed by atoms with E-state index in [4.69, 9.17) is 16.3 Å².